The highest BCUT2D eigenvalue weighted by atomic mass is 35.5. The molecule has 4 rings (SSSR count). The number of nitrogens with zero attached hydrogens (tertiary/aromatic N) is 3. The van der Waals surface area contributed by atoms with E-state index in [1.807, 2.05) is 0 Å². The Morgan fingerprint density at radius 1 is 1.09 bits per heavy atom. The topological polar surface area (TPSA) is 21.1 Å². The van der Waals surface area contributed by atoms with Crippen LogP contribution in [-0.2, 0) is 13.0 Å². The van der Waals surface area contributed by atoms with Crippen LogP contribution < -0.4 is 0 Å². The molecule has 3 nitrogen and oxygen atoms in total. The molecule has 4 heteroatoms. The minimum atomic E-state index is -3.24. The van der Waals surface area contributed by atoms with Gasteiger partial charge in [0, 0.05) is 17.0 Å². The predicted octanol–water partition coefficient (Wildman–Crippen LogP) is 4.33. The molecule has 0 amide bonds. The van der Waals surface area contributed by atoms with Gasteiger partial charge in [0.1, 0.15) is 5.82 Å². The van der Waals surface area contributed by atoms with Crippen molar-refractivity contribution in [1.29, 1.82) is 0 Å². The van der Waals surface area contributed by atoms with E-state index in [1.54, 1.807) is 0 Å². The van der Waals surface area contributed by atoms with E-state index in [0.717, 1.165) is 0 Å². The molecule has 0 radical (unpaired) electrons. The average Bonchev–Trinajstić information content (AvgIpc) is 3.35. The number of likely N-dealkylation sites (tertiary alicyclic amines) is 1. The van der Waals surface area contributed by atoms with Crippen molar-refractivity contribution in [3.63, 3.8) is 0 Å². The van der Waals surface area contributed by atoms with Gasteiger partial charge in [-0.15, -0.1) is 0 Å². The first-order chi connectivity index (χ1) is 17.6. The quantitative estimate of drug-likeness (QED) is 0.704. The minimum Gasteiger partial charge on any atom is -0.322 e. The molecule has 1 aromatic heterocycles. The minimum absolute atomic E-state index is 0.405. The molecule has 0 unspecified atom stereocenters. The molecular formula is C19H20ClN3. The lowest BCUT2D eigenvalue weighted by Gasteiger charge is -2.16. The van der Waals surface area contributed by atoms with Crippen LogP contribution in [0.3, 0.4) is 0 Å². The third-order valence-corrected chi connectivity index (χ3v) is 3.23. The van der Waals surface area contributed by atoms with E-state index < -0.39 is 115 Å². The number of halogens is 1. The molecule has 0 N–H and O–H groups in total. The van der Waals surface area contributed by atoms with Gasteiger partial charge in [0.15, 0.2) is 0 Å². The number of aromatic nitrogens is 2. The van der Waals surface area contributed by atoms with Gasteiger partial charge in [-0.1, -0.05) is 35.8 Å². The number of para-hydroxylation sites is 2. The fourth-order valence-electron chi connectivity index (χ4n) is 2.03. The van der Waals surface area contributed by atoms with E-state index in [9.17, 15) is 0 Å². The number of benzene rings is 2. The van der Waals surface area contributed by atoms with Gasteiger partial charge in [0.05, 0.1) is 34.0 Å². The predicted molar refractivity (Wildman–Crippen MR) is 94.8 cm³/mol. The normalized spacial score (nSPS) is 31.2. The van der Waals surface area contributed by atoms with Gasteiger partial charge in [-0.05, 0) is 55.6 Å². The lowest BCUT2D eigenvalue weighted by atomic mass is 10.2. The number of hydrogen-bond donors (Lipinski definition) is 0. The van der Waals surface area contributed by atoms with E-state index in [-0.39, 0.29) is 0 Å². The van der Waals surface area contributed by atoms with E-state index in [1.165, 1.54) is 0 Å². The van der Waals surface area contributed by atoms with Crippen molar-refractivity contribution < 1.29 is 21.9 Å². The van der Waals surface area contributed by atoms with Gasteiger partial charge in [-0.3, -0.25) is 4.90 Å². The second kappa shape index (κ2) is 6.34. The first kappa shape index (κ1) is 5.33. The van der Waals surface area contributed by atoms with Crippen LogP contribution in [0.2, 0.25) is 5.02 Å². The Labute approximate surface area is 164 Å². The maximum absolute atomic E-state index is 8.95. The molecule has 0 saturated carbocycles. The zero-order valence-corrected chi connectivity index (χ0v) is 12.4. The van der Waals surface area contributed by atoms with Crippen LogP contribution in [0.5, 0.6) is 0 Å². The van der Waals surface area contributed by atoms with Crippen LogP contribution in [0, 0.1) is 0 Å². The fraction of sp³-hybridized carbons (Fsp3) is 0.316. The lowest BCUT2D eigenvalue weighted by Crippen LogP contribution is -2.21. The second-order valence-electron chi connectivity index (χ2n) is 4.59. The van der Waals surface area contributed by atoms with E-state index in [2.05, 4.69) is 4.98 Å². The highest BCUT2D eigenvalue weighted by molar-refractivity contribution is 6.30. The molecule has 1 saturated heterocycles. The van der Waals surface area contributed by atoms with Gasteiger partial charge >= 0.3 is 0 Å². The maximum atomic E-state index is 8.95. The van der Waals surface area contributed by atoms with Gasteiger partial charge < -0.3 is 4.57 Å². The molecule has 2 heterocycles. The van der Waals surface area contributed by atoms with Crippen molar-refractivity contribution in [3.8, 4) is 0 Å². The van der Waals surface area contributed by atoms with Crippen LogP contribution in [0.4, 0.5) is 0 Å². The van der Waals surface area contributed by atoms with Gasteiger partial charge in [0.25, 0.3) is 0 Å². The first-order valence-corrected chi connectivity index (χ1v) is 7.00. The number of rotatable bonds is 4. The summed E-state index contributed by atoms with van der Waals surface area (Å²) in [5.41, 5.74) is -2.14. The number of hydrogen-bond acceptors (Lipinski definition) is 2. The Kier molecular flexibility index (Phi) is 1.47. The van der Waals surface area contributed by atoms with Crippen LogP contribution in [0.25, 0.3) is 11.0 Å². The Hall–Kier alpha value is -1.84. The van der Waals surface area contributed by atoms with Crippen LogP contribution in [-0.4, -0.2) is 27.5 Å². The SMILES string of the molecule is [2H]c1c([2H])c(C([2H])([2H])n2c(C([2H])([2H])N3CC([2H])([2H])C([2H])([2H])C3)nc3c([2H])c([2H])c([2H])c([2H])c32)c([2H])c([2H])c1Cl. The summed E-state index contributed by atoms with van der Waals surface area (Å²) in [5, 5.41) is -0.598. The zero-order valence-electron chi connectivity index (χ0n) is 27.6. The summed E-state index contributed by atoms with van der Waals surface area (Å²) >= 11 is 5.86. The van der Waals surface area contributed by atoms with Crippen molar-refractivity contribution in [3.05, 3.63) is 64.7 Å². The molecule has 1 fully saturated rings. The molecule has 2 aromatic carbocycles. The molecule has 0 atom stereocenters. The van der Waals surface area contributed by atoms with Crippen molar-refractivity contribution in [2.75, 3.05) is 13.1 Å². The van der Waals surface area contributed by atoms with Gasteiger partial charge in [-0.25, -0.2) is 4.98 Å². The average molecular weight is 342 g/mol. The van der Waals surface area contributed by atoms with Gasteiger partial charge in [0.2, 0.25) is 0 Å². The maximum Gasteiger partial charge on any atom is 0.124 e. The molecule has 0 aliphatic carbocycles. The fourth-order valence-corrected chi connectivity index (χ4v) is 2.13. The van der Waals surface area contributed by atoms with E-state index in [0.29, 0.717) is 9.47 Å². The lowest BCUT2D eigenvalue weighted by molar-refractivity contribution is 0.318. The molecule has 0 bridgehead atoms. The highest BCUT2D eigenvalue weighted by Gasteiger charge is 2.17. The number of imidazole rings is 1. The van der Waals surface area contributed by atoms with Crippen LogP contribution in [0.1, 0.15) is 46.1 Å². The zero-order chi connectivity index (χ0) is 29.8. The monoisotopic (exact) mass is 341 g/mol. The number of fused-ring (bicyclic) bond motifs is 1. The third-order valence-electron chi connectivity index (χ3n) is 3.04. The summed E-state index contributed by atoms with van der Waals surface area (Å²) < 4.78 is 133. The van der Waals surface area contributed by atoms with Crippen molar-refractivity contribution >= 4 is 22.6 Å². The summed E-state index contributed by atoms with van der Waals surface area (Å²) in [6.07, 6.45) is -5.06. The molecule has 0 spiro atoms. The molecule has 1 aliphatic heterocycles. The summed E-state index contributed by atoms with van der Waals surface area (Å²) in [6.45, 7) is -7.82. The molecule has 3 aromatic rings. The molecule has 23 heavy (non-hydrogen) atoms. The highest BCUT2D eigenvalue weighted by Crippen LogP contribution is 2.21. The van der Waals surface area contributed by atoms with Crippen LogP contribution in [0.15, 0.2) is 48.3 Å². The Bertz CT molecular complexity index is 1490. The summed E-state index contributed by atoms with van der Waals surface area (Å²) in [6, 6.07) is -6.60. The summed E-state index contributed by atoms with van der Waals surface area (Å²) in [5.74, 6) is -0.921. The smallest absolute Gasteiger partial charge is 0.124 e. The first-order valence-electron chi connectivity index (χ1n) is 14.6. The molecular weight excluding hydrogens is 306 g/mol. The van der Waals surface area contributed by atoms with Crippen molar-refractivity contribution in [2.24, 2.45) is 0 Å². The third kappa shape index (κ3) is 3.12. The van der Waals surface area contributed by atoms with E-state index in [4.69, 9.17) is 33.5 Å². The molecule has 118 valence electrons. The molecule has 1 aliphatic rings. The van der Waals surface area contributed by atoms with Gasteiger partial charge in [-0.2, -0.15) is 0 Å². The second-order valence-corrected chi connectivity index (χ2v) is 4.97. The van der Waals surface area contributed by atoms with Crippen molar-refractivity contribution in [2.45, 2.75) is 25.7 Å². The van der Waals surface area contributed by atoms with Crippen LogP contribution >= 0.6 is 11.6 Å². The largest absolute Gasteiger partial charge is 0.322 e. The van der Waals surface area contributed by atoms with E-state index >= 15 is 0 Å². The van der Waals surface area contributed by atoms with Crippen molar-refractivity contribution in [1.82, 2.24) is 14.5 Å². The Morgan fingerprint density at radius 2 is 1.83 bits per heavy atom. The summed E-state index contributed by atoms with van der Waals surface area (Å²) in [4.78, 5) is 4.73. The summed E-state index contributed by atoms with van der Waals surface area (Å²) in [7, 11) is 0. The standard InChI is InChI=1S/C19H20ClN3/c20-16-9-7-15(8-10-16)13-23-18-6-2-1-5-17(18)21-19(23)14-22-11-3-4-12-22/h1-2,5-10H,3-4,11-14H2/i1D,2D,3D2,4D2,5D,6D,7D,8D,9D,10D,13D2,14D2. The Morgan fingerprint density at radius 3 is 2.61 bits per heavy atom. The Balaban J connectivity index is 2.15.